The molecule has 8 nitrogen and oxygen atoms in total. The fourth-order valence-electron chi connectivity index (χ4n) is 5.01. The van der Waals surface area contributed by atoms with Crippen molar-refractivity contribution in [1.82, 2.24) is 14.8 Å². The van der Waals surface area contributed by atoms with Crippen LogP contribution >= 0.6 is 0 Å². The Balaban J connectivity index is 1.62. The van der Waals surface area contributed by atoms with Crippen LogP contribution in [0.15, 0.2) is 72.6 Å². The van der Waals surface area contributed by atoms with Crippen molar-refractivity contribution < 1.29 is 18.9 Å². The molecule has 2 aliphatic rings. The van der Waals surface area contributed by atoms with Crippen LogP contribution in [-0.2, 0) is 0 Å². The molecule has 0 bridgehead atoms. The average molecular weight is 483 g/mol. The smallest absolute Gasteiger partial charge is 0.226 e. The normalized spacial score (nSPS) is 17.8. The lowest BCUT2D eigenvalue weighted by Gasteiger charge is -2.39. The zero-order chi connectivity index (χ0) is 24.8. The Morgan fingerprint density at radius 1 is 0.889 bits per heavy atom. The number of benzene rings is 3. The van der Waals surface area contributed by atoms with Crippen LogP contribution in [0.2, 0.25) is 0 Å². The molecule has 0 spiro atoms. The van der Waals surface area contributed by atoms with Gasteiger partial charge in [0.15, 0.2) is 11.5 Å². The van der Waals surface area contributed by atoms with Gasteiger partial charge in [-0.2, -0.15) is 10.1 Å². The van der Waals surface area contributed by atoms with E-state index in [4.69, 9.17) is 18.9 Å². The van der Waals surface area contributed by atoms with E-state index in [1.54, 1.807) is 27.7 Å². The number of nitrogens with one attached hydrogen (secondary N) is 1. The summed E-state index contributed by atoms with van der Waals surface area (Å²) in [6.07, 6.45) is 1.15. The van der Waals surface area contributed by atoms with Gasteiger partial charge in [0.1, 0.15) is 30.0 Å². The summed E-state index contributed by atoms with van der Waals surface area (Å²) < 4.78 is 25.3. The van der Waals surface area contributed by atoms with Crippen molar-refractivity contribution in [1.29, 1.82) is 0 Å². The molecule has 0 saturated carbocycles. The minimum Gasteiger partial charge on any atom is -0.497 e. The van der Waals surface area contributed by atoms with E-state index in [1.165, 1.54) is 0 Å². The molecule has 3 aromatic carbocycles. The van der Waals surface area contributed by atoms with Gasteiger partial charge in [-0.05, 0) is 48.9 Å². The highest BCUT2D eigenvalue weighted by atomic mass is 16.5. The van der Waals surface area contributed by atoms with E-state index >= 15 is 0 Å². The Morgan fingerprint density at radius 2 is 1.75 bits per heavy atom. The van der Waals surface area contributed by atoms with Gasteiger partial charge in [-0.1, -0.05) is 29.8 Å². The number of aryl methyl sites for hydroxylation is 1. The number of methoxy groups -OCH3 is 3. The number of hydrogen-bond acceptors (Lipinski definition) is 7. The molecule has 36 heavy (non-hydrogen) atoms. The summed E-state index contributed by atoms with van der Waals surface area (Å²) in [6.45, 7) is 2.08. The Bertz CT molecular complexity index is 1490. The topological polar surface area (TPSA) is 79.7 Å². The van der Waals surface area contributed by atoms with Crippen molar-refractivity contribution in [2.75, 3.05) is 26.6 Å². The Kier molecular flexibility index (Phi) is 5.29. The van der Waals surface area contributed by atoms with Gasteiger partial charge in [0.05, 0.1) is 27.0 Å². The zero-order valence-electron chi connectivity index (χ0n) is 20.5. The number of nitrogens with zero attached hydrogens (tertiary/aromatic N) is 3. The highest BCUT2D eigenvalue weighted by Crippen LogP contribution is 2.51. The van der Waals surface area contributed by atoms with Gasteiger partial charge in [0.25, 0.3) is 0 Å². The van der Waals surface area contributed by atoms with Crippen molar-refractivity contribution >= 4 is 11.6 Å². The molecular weight excluding hydrogens is 456 g/mol. The van der Waals surface area contributed by atoms with Crippen LogP contribution in [0.1, 0.15) is 34.4 Å². The highest BCUT2D eigenvalue weighted by molar-refractivity contribution is 5.85. The predicted octanol–water partition coefficient (Wildman–Crippen LogP) is 5.17. The first-order chi connectivity index (χ1) is 17.6. The van der Waals surface area contributed by atoms with Gasteiger partial charge in [0, 0.05) is 16.7 Å². The minimum atomic E-state index is -0.420. The first-order valence-corrected chi connectivity index (χ1v) is 11.7. The molecule has 0 aliphatic carbocycles. The number of ether oxygens (including phenoxy) is 4. The van der Waals surface area contributed by atoms with Crippen molar-refractivity contribution in [2.24, 2.45) is 0 Å². The largest absolute Gasteiger partial charge is 0.497 e. The second-order valence-corrected chi connectivity index (χ2v) is 8.77. The van der Waals surface area contributed by atoms with Crippen LogP contribution in [0.4, 0.5) is 5.95 Å². The van der Waals surface area contributed by atoms with E-state index in [9.17, 15) is 0 Å². The van der Waals surface area contributed by atoms with Crippen LogP contribution < -0.4 is 24.3 Å². The van der Waals surface area contributed by atoms with Crippen molar-refractivity contribution in [2.45, 2.75) is 19.1 Å². The van der Waals surface area contributed by atoms with Crippen LogP contribution in [0.25, 0.3) is 5.70 Å². The number of rotatable bonds is 5. The Labute approximate surface area is 209 Å². The molecule has 182 valence electrons. The monoisotopic (exact) mass is 482 g/mol. The lowest BCUT2D eigenvalue weighted by Crippen LogP contribution is -2.32. The second kappa shape index (κ2) is 8.64. The van der Waals surface area contributed by atoms with Gasteiger partial charge in [-0.15, -0.1) is 0 Å². The van der Waals surface area contributed by atoms with E-state index in [0.717, 1.165) is 45.0 Å². The summed E-state index contributed by atoms with van der Waals surface area (Å²) in [5.74, 6) is 3.53. The van der Waals surface area contributed by atoms with Crippen molar-refractivity contribution in [3.8, 4) is 23.0 Å². The van der Waals surface area contributed by atoms with Gasteiger partial charge in [-0.25, -0.2) is 4.68 Å². The molecule has 0 amide bonds. The molecule has 0 saturated heterocycles. The summed E-state index contributed by atoms with van der Waals surface area (Å²) in [5, 5.41) is 8.14. The molecule has 2 aliphatic heterocycles. The van der Waals surface area contributed by atoms with E-state index in [1.807, 2.05) is 47.1 Å². The maximum atomic E-state index is 6.73. The molecule has 1 aromatic heterocycles. The number of hydrogen-bond donors (Lipinski definition) is 1. The van der Waals surface area contributed by atoms with Crippen molar-refractivity contribution in [3.05, 3.63) is 94.8 Å². The maximum absolute atomic E-state index is 6.73. The molecular formula is C28H26N4O4. The third-order valence-corrected chi connectivity index (χ3v) is 6.69. The summed E-state index contributed by atoms with van der Waals surface area (Å²) in [4.78, 5) is 4.51. The predicted molar refractivity (Wildman–Crippen MR) is 136 cm³/mol. The van der Waals surface area contributed by atoms with E-state index < -0.39 is 6.10 Å². The minimum absolute atomic E-state index is 0.277. The molecule has 0 fully saturated rings. The third kappa shape index (κ3) is 3.45. The third-order valence-electron chi connectivity index (χ3n) is 6.69. The van der Waals surface area contributed by atoms with E-state index in [2.05, 4.69) is 40.5 Å². The average Bonchev–Trinajstić information content (AvgIpc) is 3.39. The standard InChI is InChI=1S/C28H26N4O4/c1-16-8-10-21-20(12-16)25-24(27(36-21)18-9-11-22(34-3)23(14-18)35-4)26(32-28(31-25)29-15-30-32)17-6-5-7-19(13-17)33-2/h5-15,26-27H,1-4H3,(H,29,30,31). The molecule has 3 heterocycles. The lowest BCUT2D eigenvalue weighted by atomic mass is 9.84. The lowest BCUT2D eigenvalue weighted by molar-refractivity contribution is 0.222. The fourth-order valence-corrected chi connectivity index (χ4v) is 5.01. The summed E-state index contributed by atoms with van der Waals surface area (Å²) in [5.41, 5.74) is 6.06. The van der Waals surface area contributed by atoms with Crippen LogP contribution in [-0.4, -0.2) is 36.1 Å². The Hall–Kier alpha value is -4.46. The molecule has 6 rings (SSSR count). The number of anilines is 1. The summed E-state index contributed by atoms with van der Waals surface area (Å²) in [6, 6.07) is 19.8. The summed E-state index contributed by atoms with van der Waals surface area (Å²) in [7, 11) is 4.93. The highest BCUT2D eigenvalue weighted by Gasteiger charge is 2.41. The first-order valence-electron chi connectivity index (χ1n) is 11.7. The van der Waals surface area contributed by atoms with Gasteiger partial charge < -0.3 is 24.3 Å². The second-order valence-electron chi connectivity index (χ2n) is 8.77. The number of aromatic nitrogens is 3. The van der Waals surface area contributed by atoms with Crippen LogP contribution in [0.5, 0.6) is 23.0 Å². The molecule has 2 atom stereocenters. The molecule has 0 radical (unpaired) electrons. The summed E-state index contributed by atoms with van der Waals surface area (Å²) >= 11 is 0. The molecule has 4 aromatic rings. The number of fused-ring (bicyclic) bond motifs is 3. The zero-order valence-corrected chi connectivity index (χ0v) is 20.5. The quantitative estimate of drug-likeness (QED) is 0.420. The van der Waals surface area contributed by atoms with Gasteiger partial charge in [0.2, 0.25) is 5.95 Å². The van der Waals surface area contributed by atoms with Crippen LogP contribution in [0.3, 0.4) is 0 Å². The van der Waals surface area contributed by atoms with Crippen LogP contribution in [0, 0.1) is 6.92 Å². The van der Waals surface area contributed by atoms with Gasteiger partial charge >= 0.3 is 0 Å². The SMILES string of the molecule is COc1cccc(C2C3=C(Nc4ncnn42)c2cc(C)ccc2OC3c2ccc(OC)c(OC)c2)c1. The Morgan fingerprint density at radius 3 is 2.56 bits per heavy atom. The molecule has 8 heteroatoms. The van der Waals surface area contributed by atoms with E-state index in [0.29, 0.717) is 17.4 Å². The van der Waals surface area contributed by atoms with Gasteiger partial charge in [-0.3, -0.25) is 0 Å². The fraction of sp³-hybridized carbons (Fsp3) is 0.214. The molecule has 2 unspecified atom stereocenters. The molecule has 1 N–H and O–H groups in total. The van der Waals surface area contributed by atoms with E-state index in [-0.39, 0.29) is 6.04 Å². The first kappa shape index (κ1) is 22.0. The maximum Gasteiger partial charge on any atom is 0.226 e. The van der Waals surface area contributed by atoms with Crippen molar-refractivity contribution in [3.63, 3.8) is 0 Å².